The normalized spacial score (nSPS) is 22.1. The second-order valence-corrected chi connectivity index (χ2v) is 9.32. The van der Waals surface area contributed by atoms with Gasteiger partial charge in [-0.3, -0.25) is 9.69 Å². The topological polar surface area (TPSA) is 72.9 Å². The van der Waals surface area contributed by atoms with Gasteiger partial charge < -0.3 is 9.47 Å². The minimum atomic E-state index is -0.577. The van der Waals surface area contributed by atoms with Crippen LogP contribution in [0.25, 0.3) is 0 Å². The minimum Gasteiger partial charge on any atom is -0.460 e. The fourth-order valence-electron chi connectivity index (χ4n) is 5.03. The van der Waals surface area contributed by atoms with Gasteiger partial charge in [-0.2, -0.15) is 0 Å². The number of rotatable bonds is 8. The van der Waals surface area contributed by atoms with Crippen molar-refractivity contribution in [3.8, 4) is 0 Å². The average molecular weight is 464 g/mol. The molecule has 2 unspecified atom stereocenters. The fraction of sp³-hybridized carbons (Fsp3) is 0.464. The van der Waals surface area contributed by atoms with E-state index < -0.39 is 11.9 Å². The Bertz CT molecular complexity index is 988. The molecule has 6 nitrogen and oxygen atoms in total. The van der Waals surface area contributed by atoms with E-state index in [1.165, 1.54) is 5.56 Å². The van der Waals surface area contributed by atoms with Crippen LogP contribution in [0.2, 0.25) is 0 Å². The van der Waals surface area contributed by atoms with Crippen LogP contribution >= 0.6 is 0 Å². The molecule has 3 atom stereocenters. The molecule has 2 heterocycles. The molecule has 2 aliphatic heterocycles. The molecule has 0 radical (unpaired) electrons. The number of ether oxygens (including phenoxy) is 2. The maximum atomic E-state index is 12.7. The van der Waals surface area contributed by atoms with E-state index in [2.05, 4.69) is 11.8 Å². The molecule has 4 rings (SSSR count). The van der Waals surface area contributed by atoms with Crippen molar-refractivity contribution in [1.82, 2.24) is 4.90 Å². The number of carbonyl (C=O) groups is 3. The Balaban J connectivity index is 1.24. The zero-order valence-corrected chi connectivity index (χ0v) is 19.8. The number of esters is 3. The van der Waals surface area contributed by atoms with Gasteiger partial charge in [0.1, 0.15) is 6.61 Å². The molecule has 0 saturated carbocycles. The molecule has 0 spiro atoms. The Morgan fingerprint density at radius 1 is 0.912 bits per heavy atom. The highest BCUT2D eigenvalue weighted by atomic mass is 16.6. The van der Waals surface area contributed by atoms with Gasteiger partial charge in [0.15, 0.2) is 0 Å². The number of fused-ring (bicyclic) bond motifs is 1. The number of hydrogen-bond acceptors (Lipinski definition) is 6. The summed E-state index contributed by atoms with van der Waals surface area (Å²) < 4.78 is 10.8. The van der Waals surface area contributed by atoms with Crippen LogP contribution in [-0.4, -0.2) is 48.0 Å². The number of piperidine rings is 1. The summed E-state index contributed by atoms with van der Waals surface area (Å²) in [6, 6.07) is 16.8. The highest BCUT2D eigenvalue weighted by molar-refractivity contribution is 5.97. The number of benzene rings is 2. The maximum absolute atomic E-state index is 12.7. The van der Waals surface area contributed by atoms with Crippen LogP contribution in [0, 0.1) is 5.92 Å². The van der Waals surface area contributed by atoms with E-state index in [0.717, 1.165) is 38.6 Å². The Labute approximate surface area is 201 Å². The van der Waals surface area contributed by atoms with Gasteiger partial charge in [-0.25, -0.2) is 9.59 Å². The predicted molar refractivity (Wildman–Crippen MR) is 128 cm³/mol. The standard InChI is InChI=1S/C28H33NO5/c1-2-3-7-20-10-12-22(13-11-20)27(31)34-28(32)23-16-17-29-24(18-23)14-15-25(29)19-33-26(30)21-8-5-4-6-9-21/h4-6,8-13,23-25H,2-3,7,14-19H2,1H3/t23?,24?,25-/m0/s1. The van der Waals surface area contributed by atoms with Gasteiger partial charge in [0.2, 0.25) is 0 Å². The van der Waals surface area contributed by atoms with E-state index in [1.807, 2.05) is 30.3 Å². The summed E-state index contributed by atoms with van der Waals surface area (Å²) in [4.78, 5) is 39.8. The molecule has 2 aliphatic rings. The quantitative estimate of drug-likeness (QED) is 0.413. The van der Waals surface area contributed by atoms with Crippen LogP contribution in [0.1, 0.15) is 71.7 Å². The molecule has 0 aliphatic carbocycles. The summed E-state index contributed by atoms with van der Waals surface area (Å²) in [5, 5.41) is 0. The largest absolute Gasteiger partial charge is 0.460 e. The third-order valence-corrected chi connectivity index (χ3v) is 7.02. The SMILES string of the molecule is CCCCc1ccc(C(=O)OC(=O)C2CCN3C(CC[C@H]3COC(=O)c3ccccc3)C2)cc1. The lowest BCUT2D eigenvalue weighted by atomic mass is 9.91. The van der Waals surface area contributed by atoms with Crippen molar-refractivity contribution in [3.63, 3.8) is 0 Å². The monoisotopic (exact) mass is 463 g/mol. The molecule has 2 fully saturated rings. The number of unbranched alkanes of at least 4 members (excludes halogenated alkanes) is 1. The lowest BCUT2D eigenvalue weighted by Gasteiger charge is -2.36. The molecular formula is C28H33NO5. The number of aryl methyl sites for hydroxylation is 1. The van der Waals surface area contributed by atoms with E-state index in [4.69, 9.17) is 9.47 Å². The summed E-state index contributed by atoms with van der Waals surface area (Å²) >= 11 is 0. The molecule has 180 valence electrons. The molecule has 0 amide bonds. The highest BCUT2D eigenvalue weighted by Gasteiger charge is 2.41. The van der Waals surface area contributed by atoms with Gasteiger partial charge >= 0.3 is 17.9 Å². The zero-order chi connectivity index (χ0) is 23.9. The first-order valence-corrected chi connectivity index (χ1v) is 12.4. The predicted octanol–water partition coefficient (Wildman–Crippen LogP) is 4.81. The lowest BCUT2D eigenvalue weighted by Crippen LogP contribution is -2.46. The van der Waals surface area contributed by atoms with Gasteiger partial charge in [0, 0.05) is 12.1 Å². The Morgan fingerprint density at radius 3 is 2.38 bits per heavy atom. The highest BCUT2D eigenvalue weighted by Crippen LogP contribution is 2.35. The Hall–Kier alpha value is -2.99. The maximum Gasteiger partial charge on any atom is 0.345 e. The number of nitrogens with zero attached hydrogens (tertiary/aromatic N) is 1. The van der Waals surface area contributed by atoms with Crippen molar-refractivity contribution in [1.29, 1.82) is 0 Å². The van der Waals surface area contributed by atoms with Crippen LogP contribution < -0.4 is 0 Å². The first-order valence-electron chi connectivity index (χ1n) is 12.4. The fourth-order valence-corrected chi connectivity index (χ4v) is 5.03. The lowest BCUT2D eigenvalue weighted by molar-refractivity contribution is -0.145. The van der Waals surface area contributed by atoms with Crippen LogP contribution in [0.5, 0.6) is 0 Å². The van der Waals surface area contributed by atoms with E-state index >= 15 is 0 Å². The van der Waals surface area contributed by atoms with Gasteiger partial charge in [-0.05, 0) is 74.9 Å². The van der Waals surface area contributed by atoms with E-state index in [9.17, 15) is 14.4 Å². The Morgan fingerprint density at radius 2 is 1.65 bits per heavy atom. The van der Waals surface area contributed by atoms with E-state index in [1.54, 1.807) is 24.3 Å². The smallest absolute Gasteiger partial charge is 0.345 e. The summed E-state index contributed by atoms with van der Waals surface area (Å²) in [6.07, 6.45) is 6.41. The zero-order valence-electron chi connectivity index (χ0n) is 19.8. The first-order chi connectivity index (χ1) is 16.5. The van der Waals surface area contributed by atoms with Crippen molar-refractivity contribution in [3.05, 3.63) is 71.3 Å². The number of hydrogen-bond donors (Lipinski definition) is 0. The average Bonchev–Trinajstić information content (AvgIpc) is 3.29. The molecule has 0 bridgehead atoms. The third kappa shape index (κ3) is 5.92. The molecular weight excluding hydrogens is 430 g/mol. The van der Waals surface area contributed by atoms with Crippen molar-refractivity contribution in [2.24, 2.45) is 5.92 Å². The molecule has 0 aromatic heterocycles. The summed E-state index contributed by atoms with van der Waals surface area (Å²) in [5.74, 6) is -1.59. The number of carbonyl (C=O) groups excluding carboxylic acids is 3. The van der Waals surface area contributed by atoms with Crippen molar-refractivity contribution >= 4 is 17.9 Å². The minimum absolute atomic E-state index is 0.169. The van der Waals surface area contributed by atoms with Crippen molar-refractivity contribution in [2.45, 2.75) is 64.0 Å². The summed E-state index contributed by atoms with van der Waals surface area (Å²) in [5.41, 5.74) is 2.15. The van der Waals surface area contributed by atoms with E-state index in [0.29, 0.717) is 30.6 Å². The van der Waals surface area contributed by atoms with Crippen LogP contribution in [-0.2, 0) is 20.7 Å². The van der Waals surface area contributed by atoms with Crippen molar-refractivity contribution < 1.29 is 23.9 Å². The molecule has 2 aromatic rings. The second kappa shape index (κ2) is 11.4. The molecule has 6 heteroatoms. The van der Waals surface area contributed by atoms with Crippen LogP contribution in [0.15, 0.2) is 54.6 Å². The summed E-state index contributed by atoms with van der Waals surface area (Å²) in [6.45, 7) is 3.23. The molecule has 0 N–H and O–H groups in total. The summed E-state index contributed by atoms with van der Waals surface area (Å²) in [7, 11) is 0. The van der Waals surface area contributed by atoms with Gasteiger partial charge in [0.05, 0.1) is 17.0 Å². The molecule has 2 aromatic carbocycles. The van der Waals surface area contributed by atoms with Gasteiger partial charge in [0.25, 0.3) is 0 Å². The first kappa shape index (κ1) is 24.1. The van der Waals surface area contributed by atoms with E-state index in [-0.39, 0.29) is 24.0 Å². The van der Waals surface area contributed by atoms with Crippen LogP contribution in [0.3, 0.4) is 0 Å². The Kier molecular flexibility index (Phi) is 8.12. The molecule has 2 saturated heterocycles. The molecule has 34 heavy (non-hydrogen) atoms. The third-order valence-electron chi connectivity index (χ3n) is 7.02. The van der Waals surface area contributed by atoms with Crippen LogP contribution in [0.4, 0.5) is 0 Å². The second-order valence-electron chi connectivity index (χ2n) is 9.32. The van der Waals surface area contributed by atoms with Crippen molar-refractivity contribution in [2.75, 3.05) is 13.2 Å². The van der Waals surface area contributed by atoms with Gasteiger partial charge in [-0.1, -0.05) is 43.7 Å². The van der Waals surface area contributed by atoms with Gasteiger partial charge in [-0.15, -0.1) is 0 Å².